The van der Waals surface area contributed by atoms with Crippen LogP contribution in [0.2, 0.25) is 0 Å². The third-order valence-electron chi connectivity index (χ3n) is 2.47. The van der Waals surface area contributed by atoms with E-state index in [1.165, 1.54) is 25.6 Å². The van der Waals surface area contributed by atoms with Gasteiger partial charge in [0.05, 0.1) is 12.7 Å². The highest BCUT2D eigenvalue weighted by atomic mass is 32.1. The van der Waals surface area contributed by atoms with Gasteiger partial charge in [0, 0.05) is 32.0 Å². The molecule has 2 aromatic rings. The lowest BCUT2D eigenvalue weighted by molar-refractivity contribution is -0.0974. The average molecular weight is 294 g/mol. The van der Waals surface area contributed by atoms with E-state index in [1.807, 2.05) is 0 Å². The van der Waals surface area contributed by atoms with Crippen molar-refractivity contribution in [3.8, 4) is 10.7 Å². The Balaban J connectivity index is 2.00. The Bertz CT molecular complexity index is 557. The van der Waals surface area contributed by atoms with Crippen LogP contribution in [0.3, 0.4) is 0 Å². The molecule has 20 heavy (non-hydrogen) atoms. The second-order valence-corrected chi connectivity index (χ2v) is 4.60. The lowest BCUT2D eigenvalue weighted by Crippen LogP contribution is -2.34. The van der Waals surface area contributed by atoms with Gasteiger partial charge in [0.2, 0.25) is 0 Å². The molecule has 0 fully saturated rings. The van der Waals surface area contributed by atoms with E-state index in [2.05, 4.69) is 20.3 Å². The fourth-order valence-electron chi connectivity index (χ4n) is 1.43. The van der Waals surface area contributed by atoms with Crippen LogP contribution < -0.4 is 5.32 Å². The van der Waals surface area contributed by atoms with Crippen LogP contribution in [0.5, 0.6) is 0 Å². The number of hydrogen-bond donors (Lipinski definition) is 1. The van der Waals surface area contributed by atoms with Gasteiger partial charge in [-0.1, -0.05) is 0 Å². The molecule has 0 aromatic carbocycles. The number of rotatable bonds is 6. The van der Waals surface area contributed by atoms with Crippen molar-refractivity contribution in [2.24, 2.45) is 0 Å². The maximum absolute atomic E-state index is 11.9. The number of nitrogens with one attached hydrogen (secondary N) is 1. The molecule has 0 atom stereocenters. The molecule has 1 amide bonds. The van der Waals surface area contributed by atoms with E-state index >= 15 is 0 Å². The van der Waals surface area contributed by atoms with Gasteiger partial charge in [-0.25, -0.2) is 4.98 Å². The molecule has 2 rings (SSSR count). The quantitative estimate of drug-likeness (QED) is 0.798. The molecule has 2 aromatic heterocycles. The summed E-state index contributed by atoms with van der Waals surface area (Å²) in [5, 5.41) is 5.01. The van der Waals surface area contributed by atoms with Crippen molar-refractivity contribution in [1.29, 1.82) is 0 Å². The third-order valence-corrected chi connectivity index (χ3v) is 3.34. The molecule has 2 heterocycles. The maximum atomic E-state index is 11.9. The van der Waals surface area contributed by atoms with Gasteiger partial charge >= 0.3 is 0 Å². The Morgan fingerprint density at radius 3 is 2.85 bits per heavy atom. The van der Waals surface area contributed by atoms with Gasteiger partial charge in [-0.3, -0.25) is 14.8 Å². The topological polar surface area (TPSA) is 86.2 Å². The zero-order valence-corrected chi connectivity index (χ0v) is 11.9. The Morgan fingerprint density at radius 2 is 2.20 bits per heavy atom. The van der Waals surface area contributed by atoms with Gasteiger partial charge in [0.25, 0.3) is 5.91 Å². The van der Waals surface area contributed by atoms with Crippen LogP contribution in [-0.2, 0) is 9.47 Å². The fraction of sp³-hybridized carbons (Fsp3) is 0.333. The highest BCUT2D eigenvalue weighted by molar-refractivity contribution is 7.13. The van der Waals surface area contributed by atoms with Crippen LogP contribution in [0, 0.1) is 0 Å². The first kappa shape index (κ1) is 14.5. The molecule has 0 saturated carbocycles. The average Bonchev–Trinajstić information content (AvgIpc) is 2.99. The van der Waals surface area contributed by atoms with Crippen molar-refractivity contribution in [3.05, 3.63) is 29.7 Å². The Labute approximate surface area is 120 Å². The molecule has 1 N–H and O–H groups in total. The van der Waals surface area contributed by atoms with Crippen LogP contribution in [0.15, 0.2) is 24.0 Å². The first-order chi connectivity index (χ1) is 9.74. The number of nitrogens with zero attached hydrogens (tertiary/aromatic N) is 3. The molecular weight excluding hydrogens is 280 g/mol. The van der Waals surface area contributed by atoms with Gasteiger partial charge in [-0.15, -0.1) is 11.3 Å². The minimum Gasteiger partial charge on any atom is -0.354 e. The molecule has 0 spiro atoms. The zero-order chi connectivity index (χ0) is 14.4. The van der Waals surface area contributed by atoms with E-state index < -0.39 is 6.29 Å². The van der Waals surface area contributed by atoms with Gasteiger partial charge < -0.3 is 14.8 Å². The number of hydrogen-bond acceptors (Lipinski definition) is 7. The number of ether oxygens (including phenoxy) is 2. The first-order valence-corrected chi connectivity index (χ1v) is 6.68. The highest BCUT2D eigenvalue weighted by Gasteiger charge is 2.14. The summed E-state index contributed by atoms with van der Waals surface area (Å²) in [6, 6.07) is 0. The molecule has 0 saturated heterocycles. The van der Waals surface area contributed by atoms with Gasteiger partial charge in [0.15, 0.2) is 6.29 Å². The van der Waals surface area contributed by atoms with Gasteiger partial charge in [0.1, 0.15) is 16.4 Å². The number of carbonyl (C=O) groups is 1. The Morgan fingerprint density at radius 1 is 1.40 bits per heavy atom. The molecule has 0 radical (unpaired) electrons. The normalized spacial score (nSPS) is 10.8. The Kier molecular flexibility index (Phi) is 5.10. The van der Waals surface area contributed by atoms with Crippen LogP contribution in [0.1, 0.15) is 10.5 Å². The molecule has 106 valence electrons. The molecule has 0 aliphatic heterocycles. The molecular formula is C12H14N4O3S. The SMILES string of the molecule is COC(CNC(=O)c1csc(-c2cnccn2)n1)OC. The van der Waals surface area contributed by atoms with E-state index in [0.29, 0.717) is 16.4 Å². The van der Waals surface area contributed by atoms with Crippen LogP contribution >= 0.6 is 11.3 Å². The van der Waals surface area contributed by atoms with E-state index in [0.717, 1.165) is 0 Å². The second kappa shape index (κ2) is 7.04. The number of methoxy groups -OCH3 is 2. The van der Waals surface area contributed by atoms with Crippen LogP contribution in [0.25, 0.3) is 10.7 Å². The van der Waals surface area contributed by atoms with Crippen molar-refractivity contribution < 1.29 is 14.3 Å². The molecule has 0 aliphatic carbocycles. The molecule has 7 nitrogen and oxygen atoms in total. The number of thiazole rings is 1. The predicted octanol–water partition coefficient (Wildman–Crippen LogP) is 0.949. The summed E-state index contributed by atoms with van der Waals surface area (Å²) in [4.78, 5) is 24.2. The molecule has 0 bridgehead atoms. The lowest BCUT2D eigenvalue weighted by atomic mass is 10.4. The molecule has 8 heteroatoms. The number of amides is 1. The molecule has 0 unspecified atom stereocenters. The fourth-order valence-corrected chi connectivity index (χ4v) is 2.19. The number of aromatic nitrogens is 3. The minimum absolute atomic E-state index is 0.254. The summed E-state index contributed by atoms with van der Waals surface area (Å²) < 4.78 is 9.97. The van der Waals surface area contributed by atoms with Crippen LogP contribution in [0.4, 0.5) is 0 Å². The highest BCUT2D eigenvalue weighted by Crippen LogP contribution is 2.20. The lowest BCUT2D eigenvalue weighted by Gasteiger charge is -2.13. The largest absolute Gasteiger partial charge is 0.354 e. The van der Waals surface area contributed by atoms with Crippen LogP contribution in [-0.4, -0.2) is 47.9 Å². The van der Waals surface area contributed by atoms with E-state index in [-0.39, 0.29) is 12.5 Å². The summed E-state index contributed by atoms with van der Waals surface area (Å²) in [6.45, 7) is 0.254. The predicted molar refractivity (Wildman–Crippen MR) is 73.3 cm³/mol. The maximum Gasteiger partial charge on any atom is 0.270 e. The van der Waals surface area contributed by atoms with E-state index in [9.17, 15) is 4.79 Å². The van der Waals surface area contributed by atoms with Gasteiger partial charge in [-0.2, -0.15) is 0 Å². The first-order valence-electron chi connectivity index (χ1n) is 5.80. The monoisotopic (exact) mass is 294 g/mol. The Hall–Kier alpha value is -1.90. The zero-order valence-electron chi connectivity index (χ0n) is 11.1. The van der Waals surface area contributed by atoms with Crippen molar-refractivity contribution in [2.45, 2.75) is 6.29 Å². The summed E-state index contributed by atoms with van der Waals surface area (Å²) in [5.41, 5.74) is 0.977. The summed E-state index contributed by atoms with van der Waals surface area (Å²) in [7, 11) is 3.02. The number of carbonyl (C=O) groups excluding carboxylic acids is 1. The summed E-state index contributed by atoms with van der Waals surface area (Å²) in [6.07, 6.45) is 4.29. The molecule has 0 aliphatic rings. The third kappa shape index (κ3) is 3.56. The minimum atomic E-state index is -0.475. The van der Waals surface area contributed by atoms with Crippen molar-refractivity contribution in [3.63, 3.8) is 0 Å². The van der Waals surface area contributed by atoms with E-state index in [1.54, 1.807) is 24.0 Å². The smallest absolute Gasteiger partial charge is 0.270 e. The summed E-state index contributed by atoms with van der Waals surface area (Å²) >= 11 is 1.34. The standard InChI is InChI=1S/C12H14N4O3S/c1-18-10(19-2)6-15-11(17)9-7-20-12(16-9)8-5-13-3-4-14-8/h3-5,7,10H,6H2,1-2H3,(H,15,17). The van der Waals surface area contributed by atoms with E-state index in [4.69, 9.17) is 9.47 Å². The second-order valence-electron chi connectivity index (χ2n) is 3.74. The van der Waals surface area contributed by atoms with Crippen molar-refractivity contribution >= 4 is 17.2 Å². The van der Waals surface area contributed by atoms with Crippen molar-refractivity contribution in [2.75, 3.05) is 20.8 Å². The van der Waals surface area contributed by atoms with Gasteiger partial charge in [-0.05, 0) is 0 Å². The van der Waals surface area contributed by atoms with Crippen molar-refractivity contribution in [1.82, 2.24) is 20.3 Å². The summed E-state index contributed by atoms with van der Waals surface area (Å²) in [5.74, 6) is -0.282.